The van der Waals surface area contributed by atoms with E-state index in [-0.39, 0.29) is 13.0 Å². The first-order valence-electron chi connectivity index (χ1n) is 5.46. The lowest BCUT2D eigenvalue weighted by Gasteiger charge is -2.18. The van der Waals surface area contributed by atoms with Gasteiger partial charge in [0.2, 0.25) is 0 Å². The average Bonchev–Trinajstić information content (AvgIpc) is 2.55. The highest BCUT2D eigenvalue weighted by Crippen LogP contribution is 2.25. The van der Waals surface area contributed by atoms with Crippen LogP contribution in [-0.2, 0) is 6.54 Å². The van der Waals surface area contributed by atoms with Crippen LogP contribution in [-0.4, -0.2) is 23.5 Å². The second kappa shape index (κ2) is 4.39. The molecule has 0 amide bonds. The van der Waals surface area contributed by atoms with Gasteiger partial charge in [0.1, 0.15) is 5.84 Å². The van der Waals surface area contributed by atoms with Crippen LogP contribution >= 0.6 is 0 Å². The first-order valence-corrected chi connectivity index (χ1v) is 5.46. The van der Waals surface area contributed by atoms with E-state index in [0.717, 1.165) is 11.1 Å². The fraction of sp³-hybridized carbons (Fsp3) is 0.417. The van der Waals surface area contributed by atoms with E-state index in [1.807, 2.05) is 24.3 Å². The number of hydrogen-bond acceptors (Lipinski definition) is 1. The van der Waals surface area contributed by atoms with Gasteiger partial charge in [0.15, 0.2) is 0 Å². The first-order chi connectivity index (χ1) is 7.97. The molecule has 92 valence electrons. The van der Waals surface area contributed by atoms with Crippen molar-refractivity contribution >= 4 is 5.84 Å². The Balaban J connectivity index is 1.92. The van der Waals surface area contributed by atoms with Crippen molar-refractivity contribution in [3.63, 3.8) is 0 Å². The number of nitrogens with one attached hydrogen (secondary N) is 1. The Hall–Kier alpha value is -1.52. The van der Waals surface area contributed by atoms with Gasteiger partial charge in [0, 0.05) is 25.1 Å². The Morgan fingerprint density at radius 2 is 1.94 bits per heavy atom. The Morgan fingerprint density at radius 1 is 1.24 bits per heavy atom. The molecule has 0 radical (unpaired) electrons. The van der Waals surface area contributed by atoms with E-state index in [9.17, 15) is 13.2 Å². The SMILES string of the molecule is N=C1c2ccccc2CN1CCCC(F)(F)F. The number of alkyl halides is 3. The van der Waals surface area contributed by atoms with Gasteiger partial charge in [0.05, 0.1) is 0 Å². The van der Waals surface area contributed by atoms with Gasteiger partial charge in [-0.3, -0.25) is 5.41 Å². The van der Waals surface area contributed by atoms with Gasteiger partial charge in [-0.05, 0) is 12.0 Å². The molecule has 1 aliphatic rings. The normalized spacial score (nSPS) is 15.2. The van der Waals surface area contributed by atoms with Gasteiger partial charge >= 0.3 is 6.18 Å². The number of fused-ring (bicyclic) bond motifs is 1. The molecule has 1 N–H and O–H groups in total. The van der Waals surface area contributed by atoms with Gasteiger partial charge in [-0.25, -0.2) is 0 Å². The molecule has 17 heavy (non-hydrogen) atoms. The fourth-order valence-corrected chi connectivity index (χ4v) is 2.01. The molecule has 0 atom stereocenters. The maximum Gasteiger partial charge on any atom is 0.389 e. The second-order valence-electron chi connectivity index (χ2n) is 4.15. The second-order valence-corrected chi connectivity index (χ2v) is 4.15. The third kappa shape index (κ3) is 2.78. The molecule has 5 heteroatoms. The van der Waals surface area contributed by atoms with Gasteiger partial charge in [-0.15, -0.1) is 0 Å². The largest absolute Gasteiger partial charge is 0.389 e. The third-order valence-electron chi connectivity index (χ3n) is 2.84. The topological polar surface area (TPSA) is 27.1 Å². The number of halogens is 3. The molecule has 1 aromatic rings. The zero-order valence-electron chi connectivity index (χ0n) is 9.22. The highest BCUT2D eigenvalue weighted by molar-refractivity contribution is 6.00. The van der Waals surface area contributed by atoms with Crippen molar-refractivity contribution < 1.29 is 13.2 Å². The van der Waals surface area contributed by atoms with Crippen LogP contribution in [0.15, 0.2) is 24.3 Å². The Morgan fingerprint density at radius 3 is 2.59 bits per heavy atom. The van der Waals surface area contributed by atoms with Crippen molar-refractivity contribution in [1.82, 2.24) is 4.90 Å². The minimum Gasteiger partial charge on any atom is -0.352 e. The van der Waals surface area contributed by atoms with Crippen LogP contribution in [0.2, 0.25) is 0 Å². The molecule has 0 spiro atoms. The number of hydrogen-bond donors (Lipinski definition) is 1. The third-order valence-corrected chi connectivity index (χ3v) is 2.84. The summed E-state index contributed by atoms with van der Waals surface area (Å²) in [6.45, 7) is 0.833. The number of amidine groups is 1. The molecular formula is C12H13F3N2. The summed E-state index contributed by atoms with van der Waals surface area (Å²) in [6, 6.07) is 7.47. The molecule has 0 saturated heterocycles. The molecule has 1 aromatic carbocycles. The summed E-state index contributed by atoms with van der Waals surface area (Å²) < 4.78 is 36.1. The van der Waals surface area contributed by atoms with Crippen LogP contribution in [0, 0.1) is 5.41 Å². The molecule has 0 aliphatic carbocycles. The van der Waals surface area contributed by atoms with Crippen LogP contribution < -0.4 is 0 Å². The summed E-state index contributed by atoms with van der Waals surface area (Å²) in [6.07, 6.45) is -4.85. The van der Waals surface area contributed by atoms with Crippen LogP contribution in [0.1, 0.15) is 24.0 Å². The Kier molecular flexibility index (Phi) is 3.09. The van der Waals surface area contributed by atoms with Gasteiger partial charge in [-0.2, -0.15) is 13.2 Å². The minimum atomic E-state index is -4.10. The zero-order valence-corrected chi connectivity index (χ0v) is 9.22. The van der Waals surface area contributed by atoms with Crippen LogP contribution in [0.5, 0.6) is 0 Å². The molecule has 0 fully saturated rings. The highest BCUT2D eigenvalue weighted by Gasteiger charge is 2.28. The van der Waals surface area contributed by atoms with E-state index in [0.29, 0.717) is 12.4 Å². The van der Waals surface area contributed by atoms with E-state index in [4.69, 9.17) is 5.41 Å². The van der Waals surface area contributed by atoms with Gasteiger partial charge in [0.25, 0.3) is 0 Å². The lowest BCUT2D eigenvalue weighted by Crippen LogP contribution is -2.26. The van der Waals surface area contributed by atoms with Crippen molar-refractivity contribution in [3.8, 4) is 0 Å². The number of nitrogens with zero attached hydrogens (tertiary/aromatic N) is 1. The molecular weight excluding hydrogens is 229 g/mol. The first kappa shape index (κ1) is 12.0. The number of benzene rings is 1. The lowest BCUT2D eigenvalue weighted by molar-refractivity contribution is -0.135. The van der Waals surface area contributed by atoms with E-state index >= 15 is 0 Å². The molecule has 1 aliphatic heterocycles. The monoisotopic (exact) mass is 242 g/mol. The average molecular weight is 242 g/mol. The maximum atomic E-state index is 12.0. The van der Waals surface area contributed by atoms with Gasteiger partial charge in [-0.1, -0.05) is 24.3 Å². The molecule has 0 bridgehead atoms. The Bertz CT molecular complexity index is 426. The molecule has 0 aromatic heterocycles. The van der Waals surface area contributed by atoms with Crippen molar-refractivity contribution in [1.29, 1.82) is 5.41 Å². The van der Waals surface area contributed by atoms with E-state index < -0.39 is 12.6 Å². The summed E-state index contributed by atoms with van der Waals surface area (Å²) in [7, 11) is 0. The quantitative estimate of drug-likeness (QED) is 0.866. The van der Waals surface area contributed by atoms with E-state index in [1.165, 1.54) is 0 Å². The highest BCUT2D eigenvalue weighted by atomic mass is 19.4. The summed E-state index contributed by atoms with van der Waals surface area (Å²) in [5.74, 6) is 0.336. The summed E-state index contributed by atoms with van der Waals surface area (Å²) >= 11 is 0. The standard InChI is InChI=1S/C12H13F3N2/c13-12(14,15)6-3-7-17-8-9-4-1-2-5-10(9)11(17)16/h1-2,4-5,16H,3,6-8H2. The summed E-state index contributed by atoms with van der Waals surface area (Å²) in [4.78, 5) is 1.69. The molecule has 0 unspecified atom stereocenters. The molecule has 1 heterocycles. The summed E-state index contributed by atoms with van der Waals surface area (Å²) in [5.41, 5.74) is 1.85. The minimum absolute atomic E-state index is 0.0415. The van der Waals surface area contributed by atoms with E-state index in [1.54, 1.807) is 4.90 Å². The fourth-order valence-electron chi connectivity index (χ4n) is 2.01. The summed E-state index contributed by atoms with van der Waals surface area (Å²) in [5, 5.41) is 7.87. The number of rotatable bonds is 3. The predicted octanol–water partition coefficient (Wildman–Crippen LogP) is 3.17. The van der Waals surface area contributed by atoms with Crippen molar-refractivity contribution in [2.24, 2.45) is 0 Å². The van der Waals surface area contributed by atoms with Crippen molar-refractivity contribution in [2.75, 3.05) is 6.54 Å². The van der Waals surface area contributed by atoms with Crippen molar-refractivity contribution in [2.45, 2.75) is 25.6 Å². The molecule has 0 saturated carbocycles. The zero-order chi connectivity index (χ0) is 12.5. The lowest BCUT2D eigenvalue weighted by atomic mass is 10.1. The molecule has 2 nitrogen and oxygen atoms in total. The van der Waals surface area contributed by atoms with Crippen LogP contribution in [0.3, 0.4) is 0 Å². The van der Waals surface area contributed by atoms with Crippen LogP contribution in [0.25, 0.3) is 0 Å². The Labute approximate surface area is 97.6 Å². The van der Waals surface area contributed by atoms with Gasteiger partial charge < -0.3 is 4.90 Å². The van der Waals surface area contributed by atoms with Crippen LogP contribution in [0.4, 0.5) is 13.2 Å². The van der Waals surface area contributed by atoms with Crippen molar-refractivity contribution in [3.05, 3.63) is 35.4 Å². The van der Waals surface area contributed by atoms with E-state index in [2.05, 4.69) is 0 Å². The molecule has 2 rings (SSSR count). The smallest absolute Gasteiger partial charge is 0.352 e. The maximum absolute atomic E-state index is 12.0. The predicted molar refractivity (Wildman–Crippen MR) is 59.0 cm³/mol.